The monoisotopic (exact) mass is 477 g/mol. The van der Waals surface area contributed by atoms with Gasteiger partial charge in [-0.05, 0) is 67.3 Å². The number of phenols is 1. The number of hydrogen-bond donors (Lipinski definition) is 3. The van der Waals surface area contributed by atoms with Gasteiger partial charge in [-0.15, -0.1) is 0 Å². The van der Waals surface area contributed by atoms with Gasteiger partial charge in [-0.2, -0.15) is 0 Å². The SMILES string of the molecule is CCc1cc(=O)oc2cc(C)cc(O[C@@H](C)C(=O)N[C@H](Cc3c[nH]c4ccc(O)cc34)C(=O)[O-])c12. The van der Waals surface area contributed by atoms with E-state index in [2.05, 4.69) is 10.3 Å². The van der Waals surface area contributed by atoms with Gasteiger partial charge in [0.25, 0.3) is 5.91 Å². The number of carboxylic acids is 1. The van der Waals surface area contributed by atoms with Gasteiger partial charge in [0.05, 0.1) is 17.4 Å². The molecule has 3 N–H and O–H groups in total. The van der Waals surface area contributed by atoms with Crippen LogP contribution in [-0.4, -0.2) is 34.1 Å². The van der Waals surface area contributed by atoms with Gasteiger partial charge < -0.3 is 34.5 Å². The Hall–Kier alpha value is -4.27. The van der Waals surface area contributed by atoms with Crippen molar-refractivity contribution in [2.75, 3.05) is 0 Å². The van der Waals surface area contributed by atoms with Gasteiger partial charge in [0, 0.05) is 29.6 Å². The van der Waals surface area contributed by atoms with Crippen molar-refractivity contribution in [1.29, 1.82) is 0 Å². The number of H-pyrrole nitrogens is 1. The average molecular weight is 477 g/mol. The molecule has 35 heavy (non-hydrogen) atoms. The van der Waals surface area contributed by atoms with Crippen LogP contribution in [0.1, 0.15) is 30.5 Å². The molecule has 2 atom stereocenters. The second-order valence-electron chi connectivity index (χ2n) is 8.47. The summed E-state index contributed by atoms with van der Waals surface area (Å²) in [5.41, 5.74) is 2.70. The molecule has 9 heteroatoms. The summed E-state index contributed by atoms with van der Waals surface area (Å²) in [5, 5.41) is 25.3. The number of fused-ring (bicyclic) bond motifs is 2. The Labute approximate surface area is 200 Å². The second kappa shape index (κ2) is 9.54. The smallest absolute Gasteiger partial charge is 0.336 e. The molecule has 4 rings (SSSR count). The maximum absolute atomic E-state index is 12.9. The Kier molecular flexibility index (Phi) is 6.50. The Morgan fingerprint density at radius 3 is 2.69 bits per heavy atom. The summed E-state index contributed by atoms with van der Waals surface area (Å²) >= 11 is 0. The fourth-order valence-corrected chi connectivity index (χ4v) is 4.12. The quantitative estimate of drug-likeness (QED) is 0.330. The lowest BCUT2D eigenvalue weighted by molar-refractivity contribution is -0.308. The number of carbonyl (C=O) groups excluding carboxylic acids is 2. The summed E-state index contributed by atoms with van der Waals surface area (Å²) in [6, 6.07) is 8.24. The van der Waals surface area contributed by atoms with Gasteiger partial charge in [-0.3, -0.25) is 4.79 Å². The molecule has 0 fully saturated rings. The fraction of sp³-hybridized carbons (Fsp3) is 0.269. The van der Waals surface area contributed by atoms with Crippen molar-refractivity contribution in [2.45, 2.75) is 45.8 Å². The first-order valence-electron chi connectivity index (χ1n) is 11.2. The zero-order valence-electron chi connectivity index (χ0n) is 19.5. The van der Waals surface area contributed by atoms with Gasteiger partial charge in [-0.25, -0.2) is 4.79 Å². The van der Waals surface area contributed by atoms with Crippen LogP contribution in [0.25, 0.3) is 21.9 Å². The number of rotatable bonds is 8. The third kappa shape index (κ3) is 4.98. The number of aliphatic carboxylic acids is 1. The second-order valence-corrected chi connectivity index (χ2v) is 8.47. The van der Waals surface area contributed by atoms with Crippen LogP contribution in [0.3, 0.4) is 0 Å². The molecular weight excluding hydrogens is 452 g/mol. The van der Waals surface area contributed by atoms with Gasteiger partial charge in [0.1, 0.15) is 17.1 Å². The molecule has 0 unspecified atom stereocenters. The van der Waals surface area contributed by atoms with Crippen LogP contribution in [0.5, 0.6) is 11.5 Å². The zero-order chi connectivity index (χ0) is 25.3. The van der Waals surface area contributed by atoms with E-state index in [1.165, 1.54) is 25.1 Å². The van der Waals surface area contributed by atoms with E-state index in [0.29, 0.717) is 39.7 Å². The molecule has 0 saturated carbocycles. The van der Waals surface area contributed by atoms with Crippen LogP contribution in [0.15, 0.2) is 51.8 Å². The number of aryl methyl sites for hydroxylation is 2. The molecule has 2 heterocycles. The number of amides is 1. The lowest BCUT2D eigenvalue weighted by Gasteiger charge is -2.23. The van der Waals surface area contributed by atoms with E-state index in [4.69, 9.17) is 9.15 Å². The molecule has 2 aromatic carbocycles. The number of phenolic OH excluding ortho intramolecular Hbond substituents is 1. The number of carboxylic acid groups (broad SMARTS) is 1. The molecule has 0 bridgehead atoms. The Balaban J connectivity index is 1.56. The number of hydrogen-bond acceptors (Lipinski definition) is 7. The molecule has 0 aliphatic rings. The highest BCUT2D eigenvalue weighted by Crippen LogP contribution is 2.31. The number of carbonyl (C=O) groups is 2. The summed E-state index contributed by atoms with van der Waals surface area (Å²) in [4.78, 5) is 39.6. The zero-order valence-corrected chi connectivity index (χ0v) is 19.5. The number of ether oxygens (including phenoxy) is 1. The highest BCUT2D eigenvalue weighted by molar-refractivity contribution is 5.90. The van der Waals surface area contributed by atoms with Crippen molar-refractivity contribution in [3.63, 3.8) is 0 Å². The standard InChI is InChI=1S/C26H26N2O7/c1-4-15-10-23(30)35-22-8-13(2)7-21(24(15)22)34-14(3)25(31)28-20(26(32)33)9-16-12-27-19-6-5-17(29)11-18(16)19/h5-8,10-12,14,20,27,29H,4,9H2,1-3H3,(H,28,31)(H,32,33)/p-1/t14-,20+/m0/s1. The average Bonchev–Trinajstić information content (AvgIpc) is 3.19. The van der Waals surface area contributed by atoms with E-state index in [1.807, 2.05) is 6.92 Å². The predicted molar refractivity (Wildman–Crippen MR) is 127 cm³/mol. The maximum Gasteiger partial charge on any atom is 0.336 e. The fourth-order valence-electron chi connectivity index (χ4n) is 4.12. The first-order valence-corrected chi connectivity index (χ1v) is 11.2. The summed E-state index contributed by atoms with van der Waals surface area (Å²) < 4.78 is 11.3. The molecule has 4 aromatic rings. The minimum absolute atomic E-state index is 0.0436. The summed E-state index contributed by atoms with van der Waals surface area (Å²) in [7, 11) is 0. The molecule has 0 spiro atoms. The Bertz CT molecular complexity index is 1480. The van der Waals surface area contributed by atoms with E-state index in [-0.39, 0.29) is 12.2 Å². The van der Waals surface area contributed by atoms with Gasteiger partial charge >= 0.3 is 5.63 Å². The molecule has 0 aliphatic heterocycles. The molecule has 0 radical (unpaired) electrons. The van der Waals surface area contributed by atoms with E-state index < -0.39 is 29.6 Å². The molecule has 0 saturated heterocycles. The topological polar surface area (TPSA) is 145 Å². The van der Waals surface area contributed by atoms with Crippen molar-refractivity contribution in [3.05, 3.63) is 69.7 Å². The van der Waals surface area contributed by atoms with Crippen LogP contribution in [0.4, 0.5) is 0 Å². The predicted octanol–water partition coefficient (Wildman–Crippen LogP) is 2.10. The summed E-state index contributed by atoms with van der Waals surface area (Å²) in [6.07, 6.45) is 1.08. The lowest BCUT2D eigenvalue weighted by atomic mass is 10.0. The Morgan fingerprint density at radius 1 is 1.20 bits per heavy atom. The molecule has 0 aliphatic carbocycles. The Morgan fingerprint density at radius 2 is 1.97 bits per heavy atom. The van der Waals surface area contributed by atoms with Crippen LogP contribution in [-0.2, 0) is 22.4 Å². The van der Waals surface area contributed by atoms with E-state index in [0.717, 1.165) is 11.1 Å². The molecule has 1 amide bonds. The third-order valence-corrected chi connectivity index (χ3v) is 5.86. The first kappa shape index (κ1) is 23.9. The largest absolute Gasteiger partial charge is 0.548 e. The highest BCUT2D eigenvalue weighted by Gasteiger charge is 2.23. The summed E-state index contributed by atoms with van der Waals surface area (Å²) in [6.45, 7) is 5.20. The number of benzene rings is 2. The van der Waals surface area contributed by atoms with Crippen molar-refractivity contribution in [2.24, 2.45) is 0 Å². The minimum Gasteiger partial charge on any atom is -0.548 e. The van der Waals surface area contributed by atoms with Crippen molar-refractivity contribution in [1.82, 2.24) is 10.3 Å². The van der Waals surface area contributed by atoms with Gasteiger partial charge in [0.15, 0.2) is 6.10 Å². The van der Waals surface area contributed by atoms with E-state index in [1.54, 1.807) is 31.3 Å². The van der Waals surface area contributed by atoms with Gasteiger partial charge in [-0.1, -0.05) is 6.92 Å². The highest BCUT2D eigenvalue weighted by atomic mass is 16.5. The van der Waals surface area contributed by atoms with Crippen LogP contribution in [0, 0.1) is 6.92 Å². The molecular formula is C26H25N2O7-. The van der Waals surface area contributed by atoms with E-state index >= 15 is 0 Å². The van der Waals surface area contributed by atoms with E-state index in [9.17, 15) is 24.6 Å². The lowest BCUT2D eigenvalue weighted by Crippen LogP contribution is -2.52. The van der Waals surface area contributed by atoms with Crippen molar-refractivity contribution >= 4 is 33.7 Å². The van der Waals surface area contributed by atoms with Crippen LogP contribution >= 0.6 is 0 Å². The number of aromatic hydroxyl groups is 1. The first-order chi connectivity index (χ1) is 16.7. The van der Waals surface area contributed by atoms with Crippen LogP contribution < -0.4 is 20.8 Å². The number of nitrogens with one attached hydrogen (secondary N) is 2. The van der Waals surface area contributed by atoms with Crippen molar-refractivity contribution in [3.8, 4) is 11.5 Å². The molecule has 9 nitrogen and oxygen atoms in total. The minimum atomic E-state index is -1.45. The normalized spacial score (nSPS) is 13.0. The van der Waals surface area contributed by atoms with Gasteiger partial charge in [0.2, 0.25) is 0 Å². The third-order valence-electron chi connectivity index (χ3n) is 5.86. The number of aromatic amines is 1. The summed E-state index contributed by atoms with van der Waals surface area (Å²) in [5.74, 6) is -1.69. The molecule has 2 aromatic heterocycles. The molecule has 182 valence electrons. The maximum atomic E-state index is 12.9. The number of aromatic nitrogens is 1. The van der Waals surface area contributed by atoms with Crippen LogP contribution in [0.2, 0.25) is 0 Å². The van der Waals surface area contributed by atoms with Crippen molar-refractivity contribution < 1.29 is 29.0 Å².